The zero-order chi connectivity index (χ0) is 19.4. The van der Waals surface area contributed by atoms with Gasteiger partial charge in [0.05, 0.1) is 0 Å². The first-order valence-corrected chi connectivity index (χ1v) is 9.11. The van der Waals surface area contributed by atoms with Crippen LogP contribution in [-0.4, -0.2) is 21.1 Å². The third-order valence-electron chi connectivity index (χ3n) is 4.86. The summed E-state index contributed by atoms with van der Waals surface area (Å²) in [6, 6.07) is 11.8. The molecule has 1 aliphatic heterocycles. The summed E-state index contributed by atoms with van der Waals surface area (Å²) in [5.41, 5.74) is 0.448. The average Bonchev–Trinajstić information content (AvgIpc) is 3.14. The Bertz CT molecular complexity index is 999. The summed E-state index contributed by atoms with van der Waals surface area (Å²) >= 11 is 0. The Balaban J connectivity index is 1.69. The fourth-order valence-electron chi connectivity index (χ4n) is 3.45. The zero-order valence-electron chi connectivity index (χ0n) is 15.3. The van der Waals surface area contributed by atoms with E-state index in [0.717, 1.165) is 23.8 Å². The number of aromatic nitrogens is 2. The number of amides is 1. The SMILES string of the molecule is C[C@H](CCc1ccccc1)NC(=O)Cn1c(=O)c(C#N)c2n(c1=O)CCC2. The maximum Gasteiger partial charge on any atom is 0.331 e. The van der Waals surface area contributed by atoms with Gasteiger partial charge >= 0.3 is 5.69 Å². The molecule has 0 aliphatic carbocycles. The lowest BCUT2D eigenvalue weighted by atomic mass is 10.1. The van der Waals surface area contributed by atoms with Crippen LogP contribution in [0.15, 0.2) is 39.9 Å². The van der Waals surface area contributed by atoms with E-state index in [4.69, 9.17) is 0 Å². The normalized spacial score (nSPS) is 13.6. The van der Waals surface area contributed by atoms with Gasteiger partial charge in [0.1, 0.15) is 18.2 Å². The van der Waals surface area contributed by atoms with Crippen molar-refractivity contribution >= 4 is 5.91 Å². The van der Waals surface area contributed by atoms with Gasteiger partial charge in [-0.2, -0.15) is 5.26 Å². The summed E-state index contributed by atoms with van der Waals surface area (Å²) in [6.45, 7) is 1.99. The molecule has 1 aromatic heterocycles. The van der Waals surface area contributed by atoms with Gasteiger partial charge in [-0.15, -0.1) is 0 Å². The van der Waals surface area contributed by atoms with E-state index in [-0.39, 0.29) is 18.2 Å². The number of nitriles is 1. The molecule has 140 valence electrons. The number of rotatable bonds is 6. The van der Waals surface area contributed by atoms with Crippen LogP contribution in [0.4, 0.5) is 0 Å². The third-order valence-corrected chi connectivity index (χ3v) is 4.86. The van der Waals surface area contributed by atoms with Crippen molar-refractivity contribution in [2.24, 2.45) is 0 Å². The molecule has 1 aliphatic rings. The predicted octanol–water partition coefficient (Wildman–Crippen LogP) is 0.965. The second kappa shape index (κ2) is 8.04. The Hall–Kier alpha value is -3.14. The van der Waals surface area contributed by atoms with Gasteiger partial charge in [-0.3, -0.25) is 14.2 Å². The first kappa shape index (κ1) is 18.6. The van der Waals surface area contributed by atoms with E-state index >= 15 is 0 Å². The van der Waals surface area contributed by atoms with Gasteiger partial charge < -0.3 is 5.32 Å². The maximum absolute atomic E-state index is 12.5. The van der Waals surface area contributed by atoms with E-state index in [1.807, 2.05) is 43.3 Å². The van der Waals surface area contributed by atoms with E-state index < -0.39 is 17.2 Å². The predicted molar refractivity (Wildman–Crippen MR) is 100 cm³/mol. The number of aryl methyl sites for hydroxylation is 1. The Morgan fingerprint density at radius 2 is 2.04 bits per heavy atom. The molecule has 1 atom stereocenters. The standard InChI is InChI=1S/C20H22N4O3/c1-14(9-10-15-6-3-2-4-7-15)22-18(25)13-24-19(26)16(12-21)17-8-5-11-23(17)20(24)27/h2-4,6-7,14H,5,8-11,13H2,1H3,(H,22,25)/t14-/m1/s1. The largest absolute Gasteiger partial charge is 0.352 e. The van der Waals surface area contributed by atoms with Crippen molar-refractivity contribution < 1.29 is 4.79 Å². The molecule has 1 aromatic carbocycles. The summed E-state index contributed by atoms with van der Waals surface area (Å²) in [4.78, 5) is 37.3. The van der Waals surface area contributed by atoms with Crippen LogP contribution in [-0.2, 0) is 30.7 Å². The van der Waals surface area contributed by atoms with Crippen molar-refractivity contribution in [2.45, 2.75) is 51.7 Å². The van der Waals surface area contributed by atoms with E-state index in [2.05, 4.69) is 5.32 Å². The zero-order valence-corrected chi connectivity index (χ0v) is 15.3. The monoisotopic (exact) mass is 366 g/mol. The highest BCUT2D eigenvalue weighted by Crippen LogP contribution is 2.13. The van der Waals surface area contributed by atoms with Gasteiger partial charge in [0.2, 0.25) is 5.91 Å². The first-order valence-electron chi connectivity index (χ1n) is 9.11. The number of hydrogen-bond donors (Lipinski definition) is 1. The van der Waals surface area contributed by atoms with Gasteiger partial charge in [0, 0.05) is 18.3 Å². The fourth-order valence-corrected chi connectivity index (χ4v) is 3.45. The topological polar surface area (TPSA) is 96.9 Å². The van der Waals surface area contributed by atoms with Gasteiger partial charge in [0.25, 0.3) is 5.56 Å². The van der Waals surface area contributed by atoms with Crippen LogP contribution < -0.4 is 16.6 Å². The second-order valence-electron chi connectivity index (χ2n) is 6.86. The van der Waals surface area contributed by atoms with Crippen LogP contribution in [0.1, 0.15) is 36.6 Å². The quantitative estimate of drug-likeness (QED) is 0.824. The van der Waals surface area contributed by atoms with Crippen molar-refractivity contribution in [3.63, 3.8) is 0 Å². The minimum absolute atomic E-state index is 0.0305. The van der Waals surface area contributed by atoms with E-state index in [0.29, 0.717) is 18.7 Å². The van der Waals surface area contributed by atoms with Gasteiger partial charge in [-0.05, 0) is 38.2 Å². The average molecular weight is 366 g/mol. The third kappa shape index (κ3) is 4.00. The molecule has 0 unspecified atom stereocenters. The lowest BCUT2D eigenvalue weighted by Gasteiger charge is -2.15. The number of nitrogens with one attached hydrogen (secondary N) is 1. The number of carbonyl (C=O) groups excluding carboxylic acids is 1. The van der Waals surface area contributed by atoms with Crippen molar-refractivity contribution in [2.75, 3.05) is 0 Å². The number of hydrogen-bond acceptors (Lipinski definition) is 4. The van der Waals surface area contributed by atoms with Crippen LogP contribution in [0.3, 0.4) is 0 Å². The minimum Gasteiger partial charge on any atom is -0.352 e. The molecule has 0 fully saturated rings. The van der Waals surface area contributed by atoms with Crippen molar-refractivity contribution in [3.05, 3.63) is 68.0 Å². The smallest absolute Gasteiger partial charge is 0.331 e. The van der Waals surface area contributed by atoms with Gasteiger partial charge in [-0.25, -0.2) is 9.36 Å². The molecule has 2 heterocycles. The molecule has 0 bridgehead atoms. The van der Waals surface area contributed by atoms with E-state index in [9.17, 15) is 19.6 Å². The van der Waals surface area contributed by atoms with Crippen LogP contribution >= 0.6 is 0 Å². The lowest BCUT2D eigenvalue weighted by Crippen LogP contribution is -2.46. The fraction of sp³-hybridized carbons (Fsp3) is 0.400. The van der Waals surface area contributed by atoms with Crippen LogP contribution in [0.25, 0.3) is 0 Å². The first-order chi connectivity index (χ1) is 13.0. The van der Waals surface area contributed by atoms with E-state index in [1.54, 1.807) is 0 Å². The highest BCUT2D eigenvalue weighted by Gasteiger charge is 2.23. The molecule has 1 amide bonds. The highest BCUT2D eigenvalue weighted by molar-refractivity contribution is 5.76. The highest BCUT2D eigenvalue weighted by atomic mass is 16.2. The summed E-state index contributed by atoms with van der Waals surface area (Å²) in [7, 11) is 0. The lowest BCUT2D eigenvalue weighted by molar-refractivity contribution is -0.122. The van der Waals surface area contributed by atoms with Gasteiger partial charge in [0.15, 0.2) is 0 Å². The molecule has 0 saturated carbocycles. The molecule has 0 radical (unpaired) electrons. The molecule has 0 saturated heterocycles. The summed E-state index contributed by atoms with van der Waals surface area (Å²) in [5, 5.41) is 12.1. The molecule has 1 N–H and O–H groups in total. The van der Waals surface area contributed by atoms with Crippen LogP contribution in [0, 0.1) is 11.3 Å². The Morgan fingerprint density at radius 1 is 1.30 bits per heavy atom. The van der Waals surface area contributed by atoms with Gasteiger partial charge in [-0.1, -0.05) is 30.3 Å². The molecule has 0 spiro atoms. The Morgan fingerprint density at radius 3 is 2.74 bits per heavy atom. The summed E-state index contributed by atoms with van der Waals surface area (Å²) in [5.74, 6) is -0.405. The number of nitrogens with zero attached hydrogens (tertiary/aromatic N) is 3. The minimum atomic E-state index is -0.678. The van der Waals surface area contributed by atoms with E-state index in [1.165, 1.54) is 10.1 Å². The molecule has 7 nitrogen and oxygen atoms in total. The Labute approximate surface area is 156 Å². The molecular formula is C20H22N4O3. The van der Waals surface area contributed by atoms with Crippen molar-refractivity contribution in [1.82, 2.24) is 14.5 Å². The number of fused-ring (bicyclic) bond motifs is 1. The molecule has 7 heteroatoms. The Kier molecular flexibility index (Phi) is 5.55. The van der Waals surface area contributed by atoms with Crippen LogP contribution in [0.5, 0.6) is 0 Å². The number of benzene rings is 1. The van der Waals surface area contributed by atoms with Crippen molar-refractivity contribution in [3.8, 4) is 6.07 Å². The van der Waals surface area contributed by atoms with Crippen LogP contribution in [0.2, 0.25) is 0 Å². The summed E-state index contributed by atoms with van der Waals surface area (Å²) < 4.78 is 2.30. The molecular weight excluding hydrogens is 344 g/mol. The second-order valence-corrected chi connectivity index (χ2v) is 6.86. The molecule has 27 heavy (non-hydrogen) atoms. The number of carbonyl (C=O) groups is 1. The molecule has 2 aromatic rings. The van der Waals surface area contributed by atoms with Crippen molar-refractivity contribution in [1.29, 1.82) is 5.26 Å². The summed E-state index contributed by atoms with van der Waals surface area (Å²) in [6.07, 6.45) is 2.83. The molecule has 3 rings (SSSR count). The maximum atomic E-state index is 12.5.